The molecule has 1 fully saturated rings. The van der Waals surface area contributed by atoms with Gasteiger partial charge in [0.1, 0.15) is 0 Å². The van der Waals surface area contributed by atoms with Gasteiger partial charge >= 0.3 is 0 Å². The summed E-state index contributed by atoms with van der Waals surface area (Å²) in [5.74, 6) is 0. The predicted molar refractivity (Wildman–Crippen MR) is 82.3 cm³/mol. The van der Waals surface area contributed by atoms with Crippen molar-refractivity contribution in [1.82, 2.24) is 5.32 Å². The van der Waals surface area contributed by atoms with E-state index in [2.05, 4.69) is 72.0 Å². The van der Waals surface area contributed by atoms with Gasteiger partial charge in [0, 0.05) is 35.8 Å². The van der Waals surface area contributed by atoms with Gasteiger partial charge in [0.15, 0.2) is 0 Å². The highest BCUT2D eigenvalue weighted by Gasteiger charge is 2.29. The lowest BCUT2D eigenvalue weighted by molar-refractivity contribution is 0.254. The van der Waals surface area contributed by atoms with Crippen LogP contribution in [0.4, 0.5) is 5.69 Å². The first-order valence-electron chi connectivity index (χ1n) is 6.62. The molecule has 0 radical (unpaired) electrons. The first-order chi connectivity index (χ1) is 8.38. The molecule has 1 atom stereocenters. The topological polar surface area (TPSA) is 15.3 Å². The molecule has 0 spiro atoms. The standard InChI is InChI=1S/C15H23BrN2/c1-11-5-6-12(9-13(11)16)18-8-7-17-14(10-18)15(2,3)4/h5-6,9,14,17H,7-8,10H2,1-4H3. The second kappa shape index (κ2) is 5.22. The minimum Gasteiger partial charge on any atom is -0.369 e. The molecular weight excluding hydrogens is 288 g/mol. The molecule has 0 bridgehead atoms. The highest BCUT2D eigenvalue weighted by Crippen LogP contribution is 2.27. The second-order valence-electron chi connectivity index (χ2n) is 6.25. The summed E-state index contributed by atoms with van der Waals surface area (Å²) in [5, 5.41) is 3.63. The number of aryl methyl sites for hydroxylation is 1. The second-order valence-corrected chi connectivity index (χ2v) is 7.11. The lowest BCUT2D eigenvalue weighted by Gasteiger charge is -2.41. The molecule has 1 heterocycles. The van der Waals surface area contributed by atoms with Gasteiger partial charge in [-0.1, -0.05) is 42.8 Å². The Hall–Kier alpha value is -0.540. The van der Waals surface area contributed by atoms with Crippen LogP contribution >= 0.6 is 15.9 Å². The molecule has 0 amide bonds. The Morgan fingerprint density at radius 3 is 2.67 bits per heavy atom. The quantitative estimate of drug-likeness (QED) is 0.853. The number of rotatable bonds is 1. The molecule has 2 nitrogen and oxygen atoms in total. The number of nitrogens with zero attached hydrogens (tertiary/aromatic N) is 1. The number of hydrogen-bond donors (Lipinski definition) is 1. The summed E-state index contributed by atoms with van der Waals surface area (Å²) in [6.07, 6.45) is 0. The van der Waals surface area contributed by atoms with Gasteiger partial charge < -0.3 is 10.2 Å². The van der Waals surface area contributed by atoms with E-state index in [0.717, 1.165) is 19.6 Å². The van der Waals surface area contributed by atoms with Crippen molar-refractivity contribution in [2.45, 2.75) is 33.7 Å². The number of hydrogen-bond acceptors (Lipinski definition) is 2. The highest BCUT2D eigenvalue weighted by atomic mass is 79.9. The summed E-state index contributed by atoms with van der Waals surface area (Å²) in [5.41, 5.74) is 2.92. The van der Waals surface area contributed by atoms with Gasteiger partial charge in [-0.15, -0.1) is 0 Å². The third kappa shape index (κ3) is 3.07. The van der Waals surface area contributed by atoms with Crippen LogP contribution < -0.4 is 10.2 Å². The number of anilines is 1. The van der Waals surface area contributed by atoms with Crippen molar-refractivity contribution in [2.24, 2.45) is 5.41 Å². The maximum absolute atomic E-state index is 3.63. The van der Waals surface area contributed by atoms with Crippen LogP contribution in [0.25, 0.3) is 0 Å². The molecule has 1 unspecified atom stereocenters. The van der Waals surface area contributed by atoms with Gasteiger partial charge in [-0.2, -0.15) is 0 Å². The Labute approximate surface area is 119 Å². The molecule has 1 saturated heterocycles. The van der Waals surface area contributed by atoms with Gasteiger partial charge in [-0.25, -0.2) is 0 Å². The molecule has 1 aromatic rings. The van der Waals surface area contributed by atoms with Crippen molar-refractivity contribution in [3.05, 3.63) is 28.2 Å². The fraction of sp³-hybridized carbons (Fsp3) is 0.600. The summed E-state index contributed by atoms with van der Waals surface area (Å²) < 4.78 is 1.20. The fourth-order valence-electron chi connectivity index (χ4n) is 2.34. The smallest absolute Gasteiger partial charge is 0.0378 e. The summed E-state index contributed by atoms with van der Waals surface area (Å²) in [6.45, 7) is 12.3. The van der Waals surface area contributed by atoms with Crippen LogP contribution in [0.1, 0.15) is 26.3 Å². The fourth-order valence-corrected chi connectivity index (χ4v) is 2.71. The van der Waals surface area contributed by atoms with Gasteiger partial charge in [0.05, 0.1) is 0 Å². The predicted octanol–water partition coefficient (Wildman–Crippen LogP) is 3.58. The zero-order chi connectivity index (χ0) is 13.3. The normalized spacial score (nSPS) is 21.2. The van der Waals surface area contributed by atoms with Gasteiger partial charge in [-0.3, -0.25) is 0 Å². The van der Waals surface area contributed by atoms with E-state index < -0.39 is 0 Å². The molecular formula is C15H23BrN2. The molecule has 1 aliphatic rings. The average Bonchev–Trinajstić information content (AvgIpc) is 2.32. The van der Waals surface area contributed by atoms with Gasteiger partial charge in [0.2, 0.25) is 0 Å². The van der Waals surface area contributed by atoms with Crippen LogP contribution in [0, 0.1) is 12.3 Å². The van der Waals surface area contributed by atoms with Crippen LogP contribution in [-0.2, 0) is 0 Å². The van der Waals surface area contributed by atoms with E-state index in [1.54, 1.807) is 0 Å². The highest BCUT2D eigenvalue weighted by molar-refractivity contribution is 9.10. The number of benzene rings is 1. The number of piperazine rings is 1. The first kappa shape index (κ1) is 13.9. The Kier molecular flexibility index (Phi) is 4.02. The summed E-state index contributed by atoms with van der Waals surface area (Å²) in [7, 11) is 0. The van der Waals surface area contributed by atoms with Crippen molar-refractivity contribution >= 4 is 21.6 Å². The van der Waals surface area contributed by atoms with E-state index >= 15 is 0 Å². The van der Waals surface area contributed by atoms with Gasteiger partial charge in [0.25, 0.3) is 0 Å². The maximum Gasteiger partial charge on any atom is 0.0378 e. The van der Waals surface area contributed by atoms with Crippen molar-refractivity contribution in [3.8, 4) is 0 Å². The van der Waals surface area contributed by atoms with Crippen LogP contribution in [0.15, 0.2) is 22.7 Å². The molecule has 2 rings (SSSR count). The maximum atomic E-state index is 3.63. The van der Waals surface area contributed by atoms with Crippen molar-refractivity contribution < 1.29 is 0 Å². The van der Waals surface area contributed by atoms with Crippen molar-refractivity contribution in [1.29, 1.82) is 0 Å². The van der Waals surface area contributed by atoms with Crippen LogP contribution in [-0.4, -0.2) is 25.7 Å². The van der Waals surface area contributed by atoms with Crippen LogP contribution in [0.3, 0.4) is 0 Å². The monoisotopic (exact) mass is 310 g/mol. The summed E-state index contributed by atoms with van der Waals surface area (Å²) in [6, 6.07) is 7.20. The van der Waals surface area contributed by atoms with E-state index in [0.29, 0.717) is 11.5 Å². The van der Waals surface area contributed by atoms with Crippen molar-refractivity contribution in [3.63, 3.8) is 0 Å². The molecule has 1 aliphatic heterocycles. The Morgan fingerprint density at radius 1 is 1.33 bits per heavy atom. The van der Waals surface area contributed by atoms with E-state index in [4.69, 9.17) is 0 Å². The number of nitrogens with one attached hydrogen (secondary N) is 1. The van der Waals surface area contributed by atoms with Crippen molar-refractivity contribution in [2.75, 3.05) is 24.5 Å². The average molecular weight is 311 g/mol. The van der Waals surface area contributed by atoms with E-state index in [1.165, 1.54) is 15.7 Å². The van der Waals surface area contributed by atoms with Crippen LogP contribution in [0.2, 0.25) is 0 Å². The van der Waals surface area contributed by atoms with E-state index in [1.807, 2.05) is 0 Å². The molecule has 0 aromatic heterocycles. The third-order valence-electron chi connectivity index (χ3n) is 3.74. The van der Waals surface area contributed by atoms with E-state index in [-0.39, 0.29) is 0 Å². The Morgan fingerprint density at radius 2 is 2.06 bits per heavy atom. The number of halogens is 1. The third-order valence-corrected chi connectivity index (χ3v) is 4.60. The zero-order valence-corrected chi connectivity index (χ0v) is 13.3. The molecule has 0 aliphatic carbocycles. The molecule has 3 heteroatoms. The Bertz CT molecular complexity index is 423. The minimum atomic E-state index is 0.306. The molecule has 100 valence electrons. The first-order valence-corrected chi connectivity index (χ1v) is 7.42. The van der Waals surface area contributed by atoms with E-state index in [9.17, 15) is 0 Å². The zero-order valence-electron chi connectivity index (χ0n) is 11.8. The van der Waals surface area contributed by atoms with Gasteiger partial charge in [-0.05, 0) is 30.0 Å². The van der Waals surface area contributed by atoms with Crippen LogP contribution in [0.5, 0.6) is 0 Å². The lowest BCUT2D eigenvalue weighted by Crippen LogP contribution is -2.56. The molecule has 1 aromatic carbocycles. The largest absolute Gasteiger partial charge is 0.369 e. The molecule has 0 saturated carbocycles. The lowest BCUT2D eigenvalue weighted by atomic mass is 9.85. The minimum absolute atomic E-state index is 0.306. The Balaban J connectivity index is 2.15. The molecule has 18 heavy (non-hydrogen) atoms. The summed E-state index contributed by atoms with van der Waals surface area (Å²) in [4.78, 5) is 2.48. The SMILES string of the molecule is Cc1ccc(N2CCNC(C(C)(C)C)C2)cc1Br. The summed E-state index contributed by atoms with van der Waals surface area (Å²) >= 11 is 3.62. The molecule has 1 N–H and O–H groups in total.